The fourth-order valence-electron chi connectivity index (χ4n) is 2.31. The first kappa shape index (κ1) is 18.8. The van der Waals surface area contributed by atoms with Crippen LogP contribution in [0.1, 0.15) is 43.6 Å². The molecule has 1 heterocycles. The van der Waals surface area contributed by atoms with Crippen LogP contribution in [0.3, 0.4) is 0 Å². The number of hydrogen-bond acceptors (Lipinski definition) is 2. The minimum Gasteiger partial charge on any atom is -0.490 e. The zero-order valence-corrected chi connectivity index (χ0v) is 14.8. The highest BCUT2D eigenvalue weighted by Crippen LogP contribution is 2.31. The SMILES string of the molecule is CC.CC.Cc1cccc(C(=O)N2CCOc3ccccc32)c1. The van der Waals surface area contributed by atoms with Crippen LogP contribution >= 0.6 is 0 Å². The number of rotatable bonds is 1. The van der Waals surface area contributed by atoms with E-state index in [0.29, 0.717) is 13.2 Å². The summed E-state index contributed by atoms with van der Waals surface area (Å²) in [5, 5.41) is 0. The van der Waals surface area contributed by atoms with E-state index in [-0.39, 0.29) is 5.91 Å². The van der Waals surface area contributed by atoms with E-state index in [0.717, 1.165) is 22.6 Å². The second-order valence-corrected chi connectivity index (χ2v) is 4.64. The summed E-state index contributed by atoms with van der Waals surface area (Å²) in [7, 11) is 0. The van der Waals surface area contributed by atoms with Crippen molar-refractivity contribution in [3.63, 3.8) is 0 Å². The van der Waals surface area contributed by atoms with E-state index in [1.54, 1.807) is 4.90 Å². The van der Waals surface area contributed by atoms with E-state index in [9.17, 15) is 4.79 Å². The summed E-state index contributed by atoms with van der Waals surface area (Å²) in [5.41, 5.74) is 2.66. The third-order valence-corrected chi connectivity index (χ3v) is 3.24. The van der Waals surface area contributed by atoms with Gasteiger partial charge in [0.25, 0.3) is 5.91 Å². The van der Waals surface area contributed by atoms with Crippen LogP contribution in [-0.2, 0) is 0 Å². The Morgan fingerprint density at radius 2 is 1.70 bits per heavy atom. The quantitative estimate of drug-likeness (QED) is 0.734. The molecule has 3 heteroatoms. The molecule has 3 rings (SSSR count). The van der Waals surface area contributed by atoms with Crippen molar-refractivity contribution in [1.82, 2.24) is 0 Å². The van der Waals surface area contributed by atoms with E-state index in [2.05, 4.69) is 0 Å². The Morgan fingerprint density at radius 3 is 2.39 bits per heavy atom. The van der Waals surface area contributed by atoms with Gasteiger partial charge in [-0.05, 0) is 31.2 Å². The lowest BCUT2D eigenvalue weighted by Crippen LogP contribution is -2.37. The number of fused-ring (bicyclic) bond motifs is 1. The lowest BCUT2D eigenvalue weighted by Gasteiger charge is -2.29. The maximum Gasteiger partial charge on any atom is 0.258 e. The number of nitrogens with zero attached hydrogens (tertiary/aromatic N) is 1. The molecule has 2 aromatic carbocycles. The van der Waals surface area contributed by atoms with E-state index < -0.39 is 0 Å². The molecule has 0 atom stereocenters. The number of carbonyl (C=O) groups is 1. The molecule has 0 aliphatic carbocycles. The van der Waals surface area contributed by atoms with Gasteiger partial charge >= 0.3 is 0 Å². The molecule has 0 radical (unpaired) electrons. The van der Waals surface area contributed by atoms with Crippen LogP contribution in [0.15, 0.2) is 48.5 Å². The van der Waals surface area contributed by atoms with Crippen LogP contribution in [0.25, 0.3) is 0 Å². The highest BCUT2D eigenvalue weighted by atomic mass is 16.5. The van der Waals surface area contributed by atoms with Gasteiger partial charge in [0.2, 0.25) is 0 Å². The average Bonchev–Trinajstić information content (AvgIpc) is 2.64. The largest absolute Gasteiger partial charge is 0.490 e. The van der Waals surface area contributed by atoms with Crippen molar-refractivity contribution >= 4 is 11.6 Å². The molecule has 0 saturated heterocycles. The second kappa shape index (κ2) is 9.67. The van der Waals surface area contributed by atoms with Crippen LogP contribution in [0.2, 0.25) is 0 Å². The van der Waals surface area contributed by atoms with Crippen LogP contribution < -0.4 is 9.64 Å². The molecular formula is C20H27NO2. The Morgan fingerprint density at radius 1 is 1.00 bits per heavy atom. The molecule has 2 aromatic rings. The molecule has 0 bridgehead atoms. The van der Waals surface area contributed by atoms with E-state index in [4.69, 9.17) is 4.74 Å². The molecule has 1 aliphatic heterocycles. The van der Waals surface area contributed by atoms with E-state index in [1.807, 2.05) is 83.1 Å². The van der Waals surface area contributed by atoms with Gasteiger partial charge in [-0.2, -0.15) is 0 Å². The predicted molar refractivity (Wildman–Crippen MR) is 97.5 cm³/mol. The van der Waals surface area contributed by atoms with Gasteiger partial charge < -0.3 is 9.64 Å². The van der Waals surface area contributed by atoms with E-state index in [1.165, 1.54) is 0 Å². The minimum atomic E-state index is 0.0273. The monoisotopic (exact) mass is 313 g/mol. The molecule has 0 fully saturated rings. The number of para-hydroxylation sites is 2. The van der Waals surface area contributed by atoms with Crippen molar-refractivity contribution < 1.29 is 9.53 Å². The number of carbonyl (C=O) groups excluding carboxylic acids is 1. The van der Waals surface area contributed by atoms with Crippen molar-refractivity contribution in [1.29, 1.82) is 0 Å². The van der Waals surface area contributed by atoms with Crippen molar-refractivity contribution in [2.24, 2.45) is 0 Å². The van der Waals surface area contributed by atoms with Crippen LogP contribution in [0.4, 0.5) is 5.69 Å². The molecule has 0 unspecified atom stereocenters. The van der Waals surface area contributed by atoms with Crippen molar-refractivity contribution in [3.05, 3.63) is 59.7 Å². The highest BCUT2D eigenvalue weighted by Gasteiger charge is 2.24. The van der Waals surface area contributed by atoms with Gasteiger partial charge in [0.05, 0.1) is 12.2 Å². The molecule has 0 N–H and O–H groups in total. The lowest BCUT2D eigenvalue weighted by molar-refractivity contribution is 0.0976. The summed E-state index contributed by atoms with van der Waals surface area (Å²) in [5.74, 6) is 0.800. The van der Waals surface area contributed by atoms with Crippen molar-refractivity contribution in [2.75, 3.05) is 18.1 Å². The normalized spacial score (nSPS) is 11.8. The molecule has 124 valence electrons. The van der Waals surface area contributed by atoms with E-state index >= 15 is 0 Å². The zero-order valence-electron chi connectivity index (χ0n) is 14.8. The average molecular weight is 313 g/mol. The van der Waals surface area contributed by atoms with Gasteiger partial charge in [0.15, 0.2) is 0 Å². The third-order valence-electron chi connectivity index (χ3n) is 3.24. The maximum atomic E-state index is 12.6. The molecular weight excluding hydrogens is 286 g/mol. The summed E-state index contributed by atoms with van der Waals surface area (Å²) in [4.78, 5) is 14.4. The maximum absolute atomic E-state index is 12.6. The minimum absolute atomic E-state index is 0.0273. The number of hydrogen-bond donors (Lipinski definition) is 0. The number of aryl methyl sites for hydroxylation is 1. The molecule has 1 aliphatic rings. The topological polar surface area (TPSA) is 29.5 Å². The van der Waals surface area contributed by atoms with Gasteiger partial charge in [-0.3, -0.25) is 4.79 Å². The standard InChI is InChI=1S/C16H15NO2.2C2H6/c1-12-5-4-6-13(11-12)16(18)17-9-10-19-15-8-3-2-7-14(15)17;2*1-2/h2-8,11H,9-10H2,1H3;2*1-2H3. The predicted octanol–water partition coefficient (Wildman–Crippen LogP) is 5.09. The lowest BCUT2D eigenvalue weighted by atomic mass is 10.1. The summed E-state index contributed by atoms with van der Waals surface area (Å²) in [6, 6.07) is 15.3. The highest BCUT2D eigenvalue weighted by molar-refractivity contribution is 6.07. The van der Waals surface area contributed by atoms with Crippen molar-refractivity contribution in [3.8, 4) is 5.75 Å². The van der Waals surface area contributed by atoms with Gasteiger partial charge in [0, 0.05) is 5.56 Å². The summed E-state index contributed by atoms with van der Waals surface area (Å²) in [6.45, 7) is 11.1. The summed E-state index contributed by atoms with van der Waals surface area (Å²) in [6.07, 6.45) is 0. The number of benzene rings is 2. The fourth-order valence-corrected chi connectivity index (χ4v) is 2.31. The Labute approximate surface area is 139 Å². The molecule has 1 amide bonds. The number of ether oxygens (including phenoxy) is 1. The Hall–Kier alpha value is -2.29. The number of anilines is 1. The summed E-state index contributed by atoms with van der Waals surface area (Å²) >= 11 is 0. The molecule has 0 aromatic heterocycles. The van der Waals surface area contributed by atoms with Gasteiger partial charge in [-0.25, -0.2) is 0 Å². The smallest absolute Gasteiger partial charge is 0.258 e. The zero-order chi connectivity index (χ0) is 17.2. The Balaban J connectivity index is 0.000000615. The third kappa shape index (κ3) is 4.59. The van der Waals surface area contributed by atoms with Crippen molar-refractivity contribution in [2.45, 2.75) is 34.6 Å². The van der Waals surface area contributed by atoms with Gasteiger partial charge in [-0.1, -0.05) is 57.5 Å². The Bertz CT molecular complexity index is 623. The molecule has 23 heavy (non-hydrogen) atoms. The first-order valence-corrected chi connectivity index (χ1v) is 8.36. The molecule has 0 saturated carbocycles. The van der Waals surface area contributed by atoms with Crippen LogP contribution in [-0.4, -0.2) is 19.1 Å². The van der Waals surface area contributed by atoms with Gasteiger partial charge in [-0.15, -0.1) is 0 Å². The summed E-state index contributed by atoms with van der Waals surface area (Å²) < 4.78 is 5.57. The van der Waals surface area contributed by atoms with Gasteiger partial charge in [0.1, 0.15) is 12.4 Å². The first-order valence-electron chi connectivity index (χ1n) is 8.36. The molecule has 3 nitrogen and oxygen atoms in total. The molecule has 0 spiro atoms. The number of amides is 1. The Kier molecular flexibility index (Phi) is 7.89. The second-order valence-electron chi connectivity index (χ2n) is 4.64. The van der Waals surface area contributed by atoms with Crippen LogP contribution in [0.5, 0.6) is 5.75 Å². The first-order chi connectivity index (χ1) is 11.3. The van der Waals surface area contributed by atoms with Crippen LogP contribution in [0, 0.1) is 6.92 Å². The fraction of sp³-hybridized carbons (Fsp3) is 0.350.